The summed E-state index contributed by atoms with van der Waals surface area (Å²) in [7, 11) is 0. The SMILES string of the molecule is O=C(OC1OC(=O)C(Cl)C1=Nc1ccccc1)c1ccc([N+](=O)[O-])cc1. The summed E-state index contributed by atoms with van der Waals surface area (Å²) in [5.74, 6) is -1.60. The molecule has 0 spiro atoms. The van der Waals surface area contributed by atoms with Gasteiger partial charge in [0, 0.05) is 12.1 Å². The highest BCUT2D eigenvalue weighted by Gasteiger charge is 2.43. The van der Waals surface area contributed by atoms with Crippen LogP contribution in [0.4, 0.5) is 11.4 Å². The number of benzene rings is 2. The van der Waals surface area contributed by atoms with Gasteiger partial charge in [0.25, 0.3) is 12.0 Å². The van der Waals surface area contributed by atoms with Crippen LogP contribution in [0, 0.1) is 10.1 Å². The Morgan fingerprint density at radius 1 is 1.15 bits per heavy atom. The van der Waals surface area contributed by atoms with Gasteiger partial charge < -0.3 is 9.47 Å². The summed E-state index contributed by atoms with van der Waals surface area (Å²) in [5, 5.41) is 9.47. The summed E-state index contributed by atoms with van der Waals surface area (Å²) in [5.41, 5.74) is 0.464. The van der Waals surface area contributed by atoms with E-state index in [9.17, 15) is 19.7 Å². The van der Waals surface area contributed by atoms with Crippen LogP contribution in [-0.4, -0.2) is 34.2 Å². The Morgan fingerprint density at radius 2 is 1.81 bits per heavy atom. The number of hydrogen-bond donors (Lipinski definition) is 0. The highest BCUT2D eigenvalue weighted by atomic mass is 35.5. The van der Waals surface area contributed by atoms with Crippen molar-refractivity contribution in [3.63, 3.8) is 0 Å². The molecule has 0 saturated carbocycles. The number of cyclic esters (lactones) is 1. The van der Waals surface area contributed by atoms with Gasteiger partial charge in [-0.2, -0.15) is 0 Å². The van der Waals surface area contributed by atoms with Crippen LogP contribution in [0.15, 0.2) is 59.6 Å². The number of alkyl halides is 1. The highest BCUT2D eigenvalue weighted by Crippen LogP contribution is 2.24. The van der Waals surface area contributed by atoms with Crippen LogP contribution in [0.5, 0.6) is 0 Å². The molecule has 0 bridgehead atoms. The number of carbonyl (C=O) groups excluding carboxylic acids is 2. The molecule has 1 fully saturated rings. The zero-order valence-electron chi connectivity index (χ0n) is 13.1. The van der Waals surface area contributed by atoms with Gasteiger partial charge in [-0.05, 0) is 24.3 Å². The molecular formula is C17H11ClN2O6. The average Bonchev–Trinajstić information content (AvgIpc) is 2.90. The molecular weight excluding hydrogens is 364 g/mol. The Kier molecular flexibility index (Phi) is 4.94. The van der Waals surface area contributed by atoms with Crippen LogP contribution in [-0.2, 0) is 14.3 Å². The summed E-state index contributed by atoms with van der Waals surface area (Å²) in [6.07, 6.45) is -1.37. The number of halogens is 1. The van der Waals surface area contributed by atoms with Crippen LogP contribution < -0.4 is 0 Å². The number of rotatable bonds is 4. The fourth-order valence-corrected chi connectivity index (χ4v) is 2.40. The number of non-ortho nitro benzene ring substituents is 1. The molecule has 9 heteroatoms. The van der Waals surface area contributed by atoms with Crippen molar-refractivity contribution in [1.82, 2.24) is 0 Å². The predicted molar refractivity (Wildman–Crippen MR) is 91.6 cm³/mol. The van der Waals surface area contributed by atoms with E-state index in [2.05, 4.69) is 4.99 Å². The normalized spacial score (nSPS) is 20.7. The van der Waals surface area contributed by atoms with E-state index in [4.69, 9.17) is 21.1 Å². The molecule has 2 atom stereocenters. The van der Waals surface area contributed by atoms with Crippen molar-refractivity contribution in [2.45, 2.75) is 11.7 Å². The lowest BCUT2D eigenvalue weighted by Gasteiger charge is -2.12. The lowest BCUT2D eigenvalue weighted by molar-refractivity contribution is -0.384. The minimum atomic E-state index is -1.37. The molecule has 1 saturated heterocycles. The Bertz CT molecular complexity index is 882. The summed E-state index contributed by atoms with van der Waals surface area (Å²) in [6.45, 7) is 0. The quantitative estimate of drug-likeness (QED) is 0.352. The number of nitrogens with zero attached hydrogens (tertiary/aromatic N) is 2. The maximum absolute atomic E-state index is 12.2. The van der Waals surface area contributed by atoms with Gasteiger partial charge in [0.1, 0.15) is 5.71 Å². The third kappa shape index (κ3) is 3.70. The van der Waals surface area contributed by atoms with Gasteiger partial charge in [-0.25, -0.2) is 14.6 Å². The first kappa shape index (κ1) is 17.6. The van der Waals surface area contributed by atoms with E-state index in [1.54, 1.807) is 30.3 Å². The first-order valence-corrected chi connectivity index (χ1v) is 7.83. The molecule has 1 heterocycles. The lowest BCUT2D eigenvalue weighted by atomic mass is 10.2. The lowest BCUT2D eigenvalue weighted by Crippen LogP contribution is -2.26. The van der Waals surface area contributed by atoms with Crippen molar-refractivity contribution in [2.24, 2.45) is 4.99 Å². The Hall–Kier alpha value is -3.26. The third-order valence-electron chi connectivity index (χ3n) is 3.47. The van der Waals surface area contributed by atoms with E-state index in [1.165, 1.54) is 24.3 Å². The number of nitro benzene ring substituents is 1. The second kappa shape index (κ2) is 7.32. The van der Waals surface area contributed by atoms with Crippen LogP contribution >= 0.6 is 11.6 Å². The van der Waals surface area contributed by atoms with Gasteiger partial charge in [-0.1, -0.05) is 18.2 Å². The van der Waals surface area contributed by atoms with Gasteiger partial charge >= 0.3 is 11.9 Å². The minimum Gasteiger partial charge on any atom is -0.418 e. The second-order valence-corrected chi connectivity index (χ2v) is 5.65. The maximum atomic E-state index is 12.2. The fourth-order valence-electron chi connectivity index (χ4n) is 2.20. The van der Waals surface area contributed by atoms with Gasteiger partial charge in [0.15, 0.2) is 5.38 Å². The number of para-hydroxylation sites is 1. The molecule has 0 radical (unpaired) electrons. The van der Waals surface area contributed by atoms with Crippen molar-refractivity contribution < 1.29 is 24.0 Å². The summed E-state index contributed by atoms with van der Waals surface area (Å²) >= 11 is 5.99. The van der Waals surface area contributed by atoms with Gasteiger partial charge in [-0.15, -0.1) is 11.6 Å². The smallest absolute Gasteiger partial charge is 0.341 e. The van der Waals surface area contributed by atoms with Crippen molar-refractivity contribution in [2.75, 3.05) is 0 Å². The highest BCUT2D eigenvalue weighted by molar-refractivity contribution is 6.44. The van der Waals surface area contributed by atoms with E-state index >= 15 is 0 Å². The van der Waals surface area contributed by atoms with Crippen molar-refractivity contribution >= 4 is 40.6 Å². The van der Waals surface area contributed by atoms with E-state index in [-0.39, 0.29) is 17.0 Å². The van der Waals surface area contributed by atoms with Crippen LogP contribution in [0.25, 0.3) is 0 Å². The summed E-state index contributed by atoms with van der Waals surface area (Å²) in [4.78, 5) is 38.2. The molecule has 0 N–H and O–H groups in total. The molecule has 2 unspecified atom stereocenters. The molecule has 0 aromatic heterocycles. The van der Waals surface area contributed by atoms with E-state index in [1.807, 2.05) is 0 Å². The fraction of sp³-hybridized carbons (Fsp3) is 0.118. The van der Waals surface area contributed by atoms with Gasteiger partial charge in [0.05, 0.1) is 16.2 Å². The first-order valence-electron chi connectivity index (χ1n) is 7.39. The molecule has 26 heavy (non-hydrogen) atoms. The molecule has 2 aromatic carbocycles. The maximum Gasteiger partial charge on any atom is 0.341 e. The first-order chi connectivity index (χ1) is 12.5. The van der Waals surface area contributed by atoms with Crippen LogP contribution in [0.3, 0.4) is 0 Å². The largest absolute Gasteiger partial charge is 0.418 e. The third-order valence-corrected chi connectivity index (χ3v) is 3.88. The number of carbonyl (C=O) groups is 2. The zero-order chi connectivity index (χ0) is 18.7. The molecule has 132 valence electrons. The Balaban J connectivity index is 1.80. The molecule has 1 aliphatic heterocycles. The van der Waals surface area contributed by atoms with Gasteiger partial charge in [-0.3, -0.25) is 10.1 Å². The number of ether oxygens (including phenoxy) is 2. The van der Waals surface area contributed by atoms with Gasteiger partial charge in [0.2, 0.25) is 0 Å². The number of esters is 2. The number of nitro groups is 1. The van der Waals surface area contributed by atoms with E-state index in [0.29, 0.717) is 5.69 Å². The standard InChI is InChI=1S/C17H11ClN2O6/c18-13-14(19-11-4-2-1-3-5-11)17(26-16(13)22)25-15(21)10-6-8-12(9-7-10)20(23)24/h1-9,13,17H. The Labute approximate surface area is 152 Å². The van der Waals surface area contributed by atoms with Crippen molar-refractivity contribution in [1.29, 1.82) is 0 Å². The average molecular weight is 375 g/mol. The van der Waals surface area contributed by atoms with E-state index < -0.39 is 28.5 Å². The van der Waals surface area contributed by atoms with Crippen LogP contribution in [0.1, 0.15) is 10.4 Å². The molecule has 1 aliphatic rings. The summed E-state index contributed by atoms with van der Waals surface area (Å²) < 4.78 is 10.1. The topological polar surface area (TPSA) is 108 Å². The van der Waals surface area contributed by atoms with E-state index in [0.717, 1.165) is 0 Å². The predicted octanol–water partition coefficient (Wildman–Crippen LogP) is 3.01. The molecule has 0 amide bonds. The number of aliphatic imine (C=N–C) groups is 1. The molecule has 2 aromatic rings. The monoisotopic (exact) mass is 374 g/mol. The van der Waals surface area contributed by atoms with Crippen molar-refractivity contribution in [3.05, 3.63) is 70.3 Å². The molecule has 3 rings (SSSR count). The molecule has 8 nitrogen and oxygen atoms in total. The summed E-state index contributed by atoms with van der Waals surface area (Å²) in [6, 6.07) is 13.5. The van der Waals surface area contributed by atoms with Crippen LogP contribution in [0.2, 0.25) is 0 Å². The Morgan fingerprint density at radius 3 is 2.42 bits per heavy atom. The van der Waals surface area contributed by atoms with Crippen molar-refractivity contribution in [3.8, 4) is 0 Å². The molecule has 0 aliphatic carbocycles. The number of hydrogen-bond acceptors (Lipinski definition) is 7. The minimum absolute atomic E-state index is 0.0538. The second-order valence-electron chi connectivity index (χ2n) is 5.21. The zero-order valence-corrected chi connectivity index (χ0v) is 13.8.